The molecule has 0 radical (unpaired) electrons. The fraction of sp³-hybridized carbons (Fsp3) is 0.250. The van der Waals surface area contributed by atoms with E-state index in [0.29, 0.717) is 5.69 Å². The summed E-state index contributed by atoms with van der Waals surface area (Å²) in [5.41, 5.74) is 1.76. The molecule has 2 aromatic heterocycles. The first-order chi connectivity index (χ1) is 9.87. The van der Waals surface area contributed by atoms with E-state index >= 15 is 0 Å². The SMILES string of the molecule is COC(=O)c1ncsc1S(=O)(=O)N(C)c1cccc(C)n1. The van der Waals surface area contributed by atoms with Crippen molar-refractivity contribution >= 4 is 33.1 Å². The average Bonchev–Trinajstić information content (AvgIpc) is 2.95. The van der Waals surface area contributed by atoms with Crippen LogP contribution in [0.2, 0.25) is 0 Å². The summed E-state index contributed by atoms with van der Waals surface area (Å²) in [6.07, 6.45) is 0. The predicted molar refractivity (Wildman–Crippen MR) is 78.0 cm³/mol. The highest BCUT2D eigenvalue weighted by Crippen LogP contribution is 2.26. The highest BCUT2D eigenvalue weighted by atomic mass is 32.2. The van der Waals surface area contributed by atoms with Crippen molar-refractivity contribution in [2.24, 2.45) is 0 Å². The van der Waals surface area contributed by atoms with Crippen molar-refractivity contribution in [3.63, 3.8) is 0 Å². The number of thiazole rings is 1. The number of carbonyl (C=O) groups excluding carboxylic acids is 1. The van der Waals surface area contributed by atoms with E-state index in [4.69, 9.17) is 0 Å². The van der Waals surface area contributed by atoms with E-state index in [0.717, 1.165) is 15.6 Å². The van der Waals surface area contributed by atoms with Gasteiger partial charge in [-0.3, -0.25) is 4.31 Å². The largest absolute Gasteiger partial charge is 0.464 e. The first-order valence-electron chi connectivity index (χ1n) is 5.82. The van der Waals surface area contributed by atoms with Crippen LogP contribution in [0.15, 0.2) is 27.9 Å². The van der Waals surface area contributed by atoms with Crippen LogP contribution in [-0.4, -0.2) is 38.5 Å². The van der Waals surface area contributed by atoms with Gasteiger partial charge in [0, 0.05) is 12.7 Å². The topological polar surface area (TPSA) is 89.5 Å². The Hall–Kier alpha value is -2.00. The smallest absolute Gasteiger partial charge is 0.358 e. The summed E-state index contributed by atoms with van der Waals surface area (Å²) in [6.45, 7) is 1.76. The van der Waals surface area contributed by atoms with Crippen LogP contribution in [0.5, 0.6) is 0 Å². The number of aryl methyl sites for hydroxylation is 1. The molecular formula is C12H13N3O4S2. The molecule has 2 aromatic rings. The Morgan fingerprint density at radius 1 is 1.38 bits per heavy atom. The van der Waals surface area contributed by atoms with Gasteiger partial charge in [0.05, 0.1) is 12.6 Å². The van der Waals surface area contributed by atoms with Gasteiger partial charge in [0.25, 0.3) is 10.0 Å². The van der Waals surface area contributed by atoms with Gasteiger partial charge in [-0.15, -0.1) is 11.3 Å². The monoisotopic (exact) mass is 327 g/mol. The minimum absolute atomic E-state index is 0.167. The number of sulfonamides is 1. The van der Waals surface area contributed by atoms with Gasteiger partial charge >= 0.3 is 5.97 Å². The second-order valence-electron chi connectivity index (χ2n) is 4.09. The van der Waals surface area contributed by atoms with Gasteiger partial charge in [-0.2, -0.15) is 0 Å². The molecule has 0 N–H and O–H groups in total. The van der Waals surface area contributed by atoms with Gasteiger partial charge in [0.1, 0.15) is 5.82 Å². The van der Waals surface area contributed by atoms with Crippen LogP contribution in [0.25, 0.3) is 0 Å². The molecule has 0 aliphatic carbocycles. The summed E-state index contributed by atoms with van der Waals surface area (Å²) in [4.78, 5) is 19.5. The lowest BCUT2D eigenvalue weighted by molar-refractivity contribution is 0.0590. The third-order valence-electron chi connectivity index (χ3n) is 2.70. The summed E-state index contributed by atoms with van der Waals surface area (Å²) in [5, 5.41) is 0. The minimum atomic E-state index is -3.93. The summed E-state index contributed by atoms with van der Waals surface area (Å²) in [5.74, 6) is -0.528. The highest BCUT2D eigenvalue weighted by molar-refractivity contribution is 7.94. The molecule has 0 aliphatic heterocycles. The molecule has 0 amide bonds. The number of hydrogen-bond donors (Lipinski definition) is 0. The molecule has 0 spiro atoms. The standard InChI is InChI=1S/C12H13N3O4S2/c1-8-5-4-6-9(14-8)15(2)21(17,18)12-10(11(16)19-3)13-7-20-12/h4-7H,1-3H3. The first kappa shape index (κ1) is 15.4. The number of ether oxygens (including phenoxy) is 1. The fourth-order valence-corrected chi connectivity index (χ4v) is 4.03. The Balaban J connectivity index is 2.48. The summed E-state index contributed by atoms with van der Waals surface area (Å²) >= 11 is 0.858. The molecule has 0 saturated heterocycles. The quantitative estimate of drug-likeness (QED) is 0.790. The number of pyridine rings is 1. The molecule has 2 rings (SSSR count). The second kappa shape index (κ2) is 5.78. The maximum atomic E-state index is 12.6. The molecule has 0 aromatic carbocycles. The first-order valence-corrected chi connectivity index (χ1v) is 8.14. The fourth-order valence-electron chi connectivity index (χ4n) is 1.60. The Bertz CT molecular complexity index is 770. The Kier molecular flexibility index (Phi) is 4.24. The Labute approximate surface area is 126 Å². The predicted octanol–water partition coefficient (Wildman–Crippen LogP) is 1.46. The van der Waals surface area contributed by atoms with E-state index in [-0.39, 0.29) is 15.7 Å². The van der Waals surface area contributed by atoms with Crippen LogP contribution in [0.1, 0.15) is 16.2 Å². The maximum absolute atomic E-state index is 12.6. The summed E-state index contributed by atoms with van der Waals surface area (Å²) in [6, 6.07) is 5.04. The average molecular weight is 327 g/mol. The van der Waals surface area contributed by atoms with Crippen LogP contribution in [0.3, 0.4) is 0 Å². The molecule has 0 atom stereocenters. The van der Waals surface area contributed by atoms with Crippen LogP contribution in [0.4, 0.5) is 5.82 Å². The van der Waals surface area contributed by atoms with Crippen LogP contribution in [-0.2, 0) is 14.8 Å². The molecule has 21 heavy (non-hydrogen) atoms. The van der Waals surface area contributed by atoms with Crippen molar-refractivity contribution in [3.05, 3.63) is 35.1 Å². The van der Waals surface area contributed by atoms with Gasteiger partial charge in [-0.05, 0) is 19.1 Å². The van der Waals surface area contributed by atoms with E-state index < -0.39 is 16.0 Å². The number of carbonyl (C=O) groups is 1. The molecule has 0 fully saturated rings. The van der Waals surface area contributed by atoms with Crippen LogP contribution in [0, 0.1) is 6.92 Å². The van der Waals surface area contributed by atoms with E-state index in [9.17, 15) is 13.2 Å². The van der Waals surface area contributed by atoms with Crippen LogP contribution < -0.4 is 4.31 Å². The molecule has 7 nitrogen and oxygen atoms in total. The maximum Gasteiger partial charge on any atom is 0.358 e. The lowest BCUT2D eigenvalue weighted by atomic mass is 10.4. The number of aromatic nitrogens is 2. The number of rotatable bonds is 4. The normalized spacial score (nSPS) is 11.2. The number of methoxy groups -OCH3 is 1. The zero-order valence-corrected chi connectivity index (χ0v) is 13.2. The molecular weight excluding hydrogens is 314 g/mol. The Morgan fingerprint density at radius 3 is 2.71 bits per heavy atom. The van der Waals surface area contributed by atoms with E-state index in [1.807, 2.05) is 0 Å². The Morgan fingerprint density at radius 2 is 2.10 bits per heavy atom. The number of nitrogens with zero attached hydrogens (tertiary/aromatic N) is 3. The van der Waals surface area contributed by atoms with Gasteiger partial charge < -0.3 is 4.74 Å². The van der Waals surface area contributed by atoms with E-state index in [2.05, 4.69) is 14.7 Å². The van der Waals surface area contributed by atoms with E-state index in [1.165, 1.54) is 19.7 Å². The molecule has 0 saturated carbocycles. The molecule has 0 unspecified atom stereocenters. The lowest BCUT2D eigenvalue weighted by Crippen LogP contribution is -2.28. The summed E-state index contributed by atoms with van der Waals surface area (Å²) in [7, 11) is -1.38. The summed E-state index contributed by atoms with van der Waals surface area (Å²) < 4.78 is 30.6. The third kappa shape index (κ3) is 2.88. The van der Waals surface area contributed by atoms with Crippen molar-refractivity contribution in [2.75, 3.05) is 18.5 Å². The van der Waals surface area contributed by atoms with Crippen molar-refractivity contribution < 1.29 is 17.9 Å². The van der Waals surface area contributed by atoms with Gasteiger partial charge in [-0.1, -0.05) is 6.07 Å². The third-order valence-corrected chi connectivity index (χ3v) is 5.81. The molecule has 0 aliphatic rings. The van der Waals surface area contributed by atoms with Gasteiger partial charge in [-0.25, -0.2) is 23.2 Å². The zero-order valence-electron chi connectivity index (χ0n) is 11.6. The number of hydrogen-bond acceptors (Lipinski definition) is 7. The highest BCUT2D eigenvalue weighted by Gasteiger charge is 2.31. The molecule has 9 heteroatoms. The lowest BCUT2D eigenvalue weighted by Gasteiger charge is -2.17. The molecule has 112 valence electrons. The molecule has 0 bridgehead atoms. The van der Waals surface area contributed by atoms with Crippen molar-refractivity contribution in [1.29, 1.82) is 0 Å². The van der Waals surface area contributed by atoms with Crippen LogP contribution >= 0.6 is 11.3 Å². The van der Waals surface area contributed by atoms with Crippen molar-refractivity contribution in [1.82, 2.24) is 9.97 Å². The van der Waals surface area contributed by atoms with Crippen molar-refractivity contribution in [2.45, 2.75) is 11.1 Å². The minimum Gasteiger partial charge on any atom is -0.464 e. The molecule has 2 heterocycles. The van der Waals surface area contributed by atoms with Crippen molar-refractivity contribution in [3.8, 4) is 0 Å². The number of esters is 1. The van der Waals surface area contributed by atoms with Gasteiger partial charge in [0.15, 0.2) is 9.90 Å². The van der Waals surface area contributed by atoms with E-state index in [1.54, 1.807) is 25.1 Å². The van der Waals surface area contributed by atoms with Gasteiger partial charge in [0.2, 0.25) is 0 Å². The zero-order chi connectivity index (χ0) is 15.6. The number of anilines is 1. The second-order valence-corrected chi connectivity index (χ2v) is 7.11.